The van der Waals surface area contributed by atoms with Gasteiger partial charge in [-0.1, -0.05) is 6.92 Å². The van der Waals surface area contributed by atoms with E-state index in [2.05, 4.69) is 16.5 Å². The number of nitrogens with zero attached hydrogens (tertiary/aromatic N) is 3. The van der Waals surface area contributed by atoms with Crippen molar-refractivity contribution in [2.24, 2.45) is 0 Å². The van der Waals surface area contributed by atoms with Crippen LogP contribution in [0.3, 0.4) is 0 Å². The quantitative estimate of drug-likeness (QED) is 0.382. The average Bonchev–Trinajstić information content (AvgIpc) is 2.85. The molecule has 1 aromatic heterocycles. The molecule has 6 nitrogen and oxygen atoms in total. The number of rotatable bonds is 6. The molecule has 0 saturated heterocycles. The smallest absolute Gasteiger partial charge is 0.293 e. The second-order valence-electron chi connectivity index (χ2n) is 4.34. The van der Waals surface area contributed by atoms with Crippen molar-refractivity contribution >= 4 is 23.1 Å². The van der Waals surface area contributed by atoms with Crippen LogP contribution in [0, 0.1) is 10.1 Å². The number of nitro groups is 1. The zero-order valence-electron chi connectivity index (χ0n) is 11.2. The van der Waals surface area contributed by atoms with Crippen molar-refractivity contribution < 1.29 is 4.92 Å². The Kier molecular flexibility index (Phi) is 4.62. The summed E-state index contributed by atoms with van der Waals surface area (Å²) in [5.74, 6) is 0.723. The summed E-state index contributed by atoms with van der Waals surface area (Å²) in [6.45, 7) is 3.04. The minimum absolute atomic E-state index is 0.0444. The molecule has 7 heteroatoms. The van der Waals surface area contributed by atoms with Crippen molar-refractivity contribution in [2.75, 3.05) is 5.73 Å². The molecule has 106 valence electrons. The first-order valence-electron chi connectivity index (χ1n) is 6.27. The Balaban J connectivity index is 2.09. The van der Waals surface area contributed by atoms with E-state index in [0.717, 1.165) is 29.3 Å². The molecule has 2 N–H and O–H groups in total. The van der Waals surface area contributed by atoms with Gasteiger partial charge in [0.25, 0.3) is 5.69 Å². The van der Waals surface area contributed by atoms with Gasteiger partial charge in [0.1, 0.15) is 5.69 Å². The maximum atomic E-state index is 10.8. The van der Waals surface area contributed by atoms with Crippen molar-refractivity contribution in [3.05, 3.63) is 46.5 Å². The molecular weight excluding hydrogens is 276 g/mol. The van der Waals surface area contributed by atoms with E-state index < -0.39 is 4.92 Å². The molecule has 0 fully saturated rings. The summed E-state index contributed by atoms with van der Waals surface area (Å²) in [5.41, 5.74) is 6.83. The predicted molar refractivity (Wildman–Crippen MR) is 79.6 cm³/mol. The van der Waals surface area contributed by atoms with Gasteiger partial charge >= 0.3 is 0 Å². The molecule has 0 saturated carbocycles. The van der Waals surface area contributed by atoms with Crippen molar-refractivity contribution in [1.82, 2.24) is 9.55 Å². The molecule has 0 bridgehead atoms. The Hall–Kier alpha value is -2.02. The number of nitrogens with two attached hydrogens (primary N) is 1. The lowest BCUT2D eigenvalue weighted by atomic mass is 10.3. The molecule has 0 aliphatic heterocycles. The Morgan fingerprint density at radius 3 is 3.00 bits per heavy atom. The van der Waals surface area contributed by atoms with Crippen LogP contribution in [0.5, 0.6) is 0 Å². The first kappa shape index (κ1) is 14.4. The SMILES string of the molecule is CCCn1cncc1CSc1ccc(N)c([N+](=O)[O-])c1. The third kappa shape index (κ3) is 3.30. The summed E-state index contributed by atoms with van der Waals surface area (Å²) in [6.07, 6.45) is 4.68. The molecule has 0 unspecified atom stereocenters. The van der Waals surface area contributed by atoms with Crippen molar-refractivity contribution in [3.63, 3.8) is 0 Å². The number of imidazole rings is 1. The number of benzene rings is 1. The fourth-order valence-corrected chi connectivity index (χ4v) is 2.75. The minimum atomic E-state index is -0.458. The molecule has 1 heterocycles. The van der Waals surface area contributed by atoms with Gasteiger partial charge in [0.05, 0.1) is 11.3 Å². The normalized spacial score (nSPS) is 10.7. The monoisotopic (exact) mass is 292 g/mol. The highest BCUT2D eigenvalue weighted by molar-refractivity contribution is 7.98. The third-order valence-corrected chi connectivity index (χ3v) is 3.88. The lowest BCUT2D eigenvalue weighted by Gasteiger charge is -2.06. The number of anilines is 1. The van der Waals surface area contributed by atoms with E-state index >= 15 is 0 Å². The zero-order valence-corrected chi connectivity index (χ0v) is 12.0. The van der Waals surface area contributed by atoms with Gasteiger partial charge in [-0.15, -0.1) is 11.8 Å². The maximum absolute atomic E-state index is 10.8. The molecule has 0 spiro atoms. The van der Waals surface area contributed by atoms with E-state index in [0.29, 0.717) is 0 Å². The standard InChI is InChI=1S/C13H16N4O2S/c1-2-5-16-9-15-7-10(16)8-20-11-3-4-12(14)13(6-11)17(18)19/h3-4,6-7,9H,2,5,8,14H2,1H3. The van der Waals surface area contributed by atoms with Crippen LogP contribution in [-0.2, 0) is 12.3 Å². The number of hydrogen-bond acceptors (Lipinski definition) is 5. The highest BCUT2D eigenvalue weighted by Gasteiger charge is 2.12. The predicted octanol–water partition coefficient (Wildman–Crippen LogP) is 3.08. The van der Waals surface area contributed by atoms with E-state index in [1.54, 1.807) is 12.1 Å². The van der Waals surface area contributed by atoms with Crippen LogP contribution in [0.15, 0.2) is 35.6 Å². The summed E-state index contributed by atoms with van der Waals surface area (Å²) in [5, 5.41) is 10.8. The first-order chi connectivity index (χ1) is 9.61. The van der Waals surface area contributed by atoms with Crippen molar-refractivity contribution in [3.8, 4) is 0 Å². The van der Waals surface area contributed by atoms with Crippen molar-refractivity contribution in [2.45, 2.75) is 30.5 Å². The maximum Gasteiger partial charge on any atom is 0.293 e. The van der Waals surface area contributed by atoms with E-state index in [4.69, 9.17) is 5.73 Å². The number of hydrogen-bond donors (Lipinski definition) is 1. The average molecular weight is 292 g/mol. The van der Waals surface area contributed by atoms with E-state index in [1.165, 1.54) is 17.8 Å². The van der Waals surface area contributed by atoms with Crippen LogP contribution in [0.1, 0.15) is 19.0 Å². The second kappa shape index (κ2) is 6.42. The molecule has 0 aliphatic rings. The van der Waals surface area contributed by atoms with Gasteiger partial charge in [-0.05, 0) is 18.6 Å². The fraction of sp³-hybridized carbons (Fsp3) is 0.308. The fourth-order valence-electron chi connectivity index (χ4n) is 1.84. The summed E-state index contributed by atoms with van der Waals surface area (Å²) < 4.78 is 2.10. The third-order valence-electron chi connectivity index (χ3n) is 2.85. The highest BCUT2D eigenvalue weighted by Crippen LogP contribution is 2.30. The topological polar surface area (TPSA) is 87.0 Å². The molecule has 0 atom stereocenters. The summed E-state index contributed by atoms with van der Waals surface area (Å²) in [4.78, 5) is 15.4. The number of aromatic nitrogens is 2. The van der Waals surface area contributed by atoms with Gasteiger partial charge in [0.2, 0.25) is 0 Å². The molecular formula is C13H16N4O2S. The lowest BCUT2D eigenvalue weighted by molar-refractivity contribution is -0.384. The molecule has 0 radical (unpaired) electrons. The number of aryl methyl sites for hydroxylation is 1. The minimum Gasteiger partial charge on any atom is -0.393 e. The number of nitro benzene ring substituents is 1. The van der Waals surface area contributed by atoms with Crippen LogP contribution >= 0.6 is 11.8 Å². The van der Waals surface area contributed by atoms with Crippen LogP contribution in [0.2, 0.25) is 0 Å². The second-order valence-corrected chi connectivity index (χ2v) is 5.39. The van der Waals surface area contributed by atoms with E-state index in [9.17, 15) is 10.1 Å². The van der Waals surface area contributed by atoms with Gasteiger partial charge in [-0.25, -0.2) is 4.98 Å². The molecule has 20 heavy (non-hydrogen) atoms. The van der Waals surface area contributed by atoms with E-state index in [1.807, 2.05) is 12.5 Å². The Morgan fingerprint density at radius 1 is 1.50 bits per heavy atom. The number of thioether (sulfide) groups is 1. The lowest BCUT2D eigenvalue weighted by Crippen LogP contribution is -1.99. The Morgan fingerprint density at radius 2 is 2.30 bits per heavy atom. The molecule has 0 aliphatic carbocycles. The van der Waals surface area contributed by atoms with Gasteiger partial charge < -0.3 is 10.3 Å². The van der Waals surface area contributed by atoms with Gasteiger partial charge in [0, 0.05) is 35.2 Å². The van der Waals surface area contributed by atoms with E-state index in [-0.39, 0.29) is 11.4 Å². The summed E-state index contributed by atoms with van der Waals surface area (Å²) >= 11 is 1.54. The number of nitrogen functional groups attached to an aromatic ring is 1. The zero-order chi connectivity index (χ0) is 14.5. The van der Waals surface area contributed by atoms with Crippen LogP contribution < -0.4 is 5.73 Å². The van der Waals surface area contributed by atoms with Gasteiger partial charge in [-0.3, -0.25) is 10.1 Å². The first-order valence-corrected chi connectivity index (χ1v) is 7.26. The molecule has 2 rings (SSSR count). The van der Waals surface area contributed by atoms with Gasteiger partial charge in [-0.2, -0.15) is 0 Å². The van der Waals surface area contributed by atoms with Gasteiger partial charge in [0.15, 0.2) is 0 Å². The summed E-state index contributed by atoms with van der Waals surface area (Å²) in [6, 6.07) is 4.89. The van der Waals surface area contributed by atoms with Crippen LogP contribution in [0.25, 0.3) is 0 Å². The van der Waals surface area contributed by atoms with Crippen molar-refractivity contribution in [1.29, 1.82) is 0 Å². The Bertz CT molecular complexity index is 612. The highest BCUT2D eigenvalue weighted by atomic mass is 32.2. The molecule has 2 aromatic rings. The molecule has 0 amide bonds. The Labute approximate surface area is 121 Å². The van der Waals surface area contributed by atoms with Crippen LogP contribution in [-0.4, -0.2) is 14.5 Å². The summed E-state index contributed by atoms with van der Waals surface area (Å²) in [7, 11) is 0. The largest absolute Gasteiger partial charge is 0.393 e. The van der Waals surface area contributed by atoms with Crippen LogP contribution in [0.4, 0.5) is 11.4 Å². The molecule has 1 aromatic carbocycles.